The number of aliphatic carboxylic acids is 2. The van der Waals surface area contributed by atoms with Crippen molar-refractivity contribution in [1.82, 2.24) is 0 Å². The lowest BCUT2D eigenvalue weighted by atomic mass is 9.95. The van der Waals surface area contributed by atoms with E-state index in [0.717, 1.165) is 6.92 Å². The van der Waals surface area contributed by atoms with Gasteiger partial charge in [0.1, 0.15) is 0 Å². The minimum atomic E-state index is -3.08. The topological polar surface area (TPSA) is 112 Å². The molecule has 0 aromatic rings. The van der Waals surface area contributed by atoms with Gasteiger partial charge in [0.05, 0.1) is 0 Å². The molecule has 0 radical (unpaired) electrons. The fourth-order valence-electron chi connectivity index (χ4n) is 0.616. The highest BCUT2D eigenvalue weighted by Gasteiger charge is 2.52. The van der Waals surface area contributed by atoms with Crippen molar-refractivity contribution >= 4 is 29.3 Å². The summed E-state index contributed by atoms with van der Waals surface area (Å²) in [5, 5.41) is 23.6. The van der Waals surface area contributed by atoms with Crippen molar-refractivity contribution in [2.75, 3.05) is 0 Å². The molecule has 2 unspecified atom stereocenters. The first-order valence-electron chi connectivity index (χ1n) is 3.08. The Morgan fingerprint density at radius 3 is 1.77 bits per heavy atom. The molecular weight excluding hydrogens is 204 g/mol. The molecule has 0 bridgehead atoms. The van der Waals surface area contributed by atoms with Gasteiger partial charge in [0.25, 0.3) is 0 Å². The number of alkyl halides is 1. The van der Waals surface area contributed by atoms with E-state index in [9.17, 15) is 14.4 Å². The van der Waals surface area contributed by atoms with Crippen molar-refractivity contribution in [2.24, 2.45) is 0 Å². The van der Waals surface area contributed by atoms with E-state index in [0.29, 0.717) is 0 Å². The summed E-state index contributed by atoms with van der Waals surface area (Å²) in [7, 11) is 0. The molecule has 0 aliphatic carbocycles. The Morgan fingerprint density at radius 1 is 1.31 bits per heavy atom. The fourth-order valence-corrected chi connectivity index (χ4v) is 0.863. The Kier molecular flexibility index (Phi) is 3.39. The average molecular weight is 211 g/mol. The lowest BCUT2D eigenvalue weighted by Crippen LogP contribution is -2.55. The lowest BCUT2D eigenvalue weighted by Gasteiger charge is -2.21. The number of ketones is 1. The first kappa shape index (κ1) is 11.9. The van der Waals surface area contributed by atoms with Gasteiger partial charge in [-0.1, -0.05) is 0 Å². The molecule has 0 heterocycles. The quantitative estimate of drug-likeness (QED) is 0.409. The van der Waals surface area contributed by atoms with Crippen LogP contribution in [-0.4, -0.2) is 44.0 Å². The highest BCUT2D eigenvalue weighted by Crippen LogP contribution is 2.18. The number of carboxylic acid groups (broad SMARTS) is 2. The second-order valence-corrected chi connectivity index (χ2v) is 2.76. The van der Waals surface area contributed by atoms with E-state index in [-0.39, 0.29) is 0 Å². The number of aliphatic hydroxyl groups is 1. The molecule has 0 aromatic heterocycles. The molecule has 0 amide bonds. The molecule has 74 valence electrons. The lowest BCUT2D eigenvalue weighted by molar-refractivity contribution is -0.169. The maximum Gasteiger partial charge on any atom is 0.345 e. The van der Waals surface area contributed by atoms with Gasteiger partial charge in [-0.25, -0.2) is 4.79 Å². The Morgan fingerprint density at radius 2 is 1.69 bits per heavy atom. The number of carbonyl (C=O) groups excluding carboxylic acids is 1. The van der Waals surface area contributed by atoms with Crippen molar-refractivity contribution in [3.05, 3.63) is 0 Å². The van der Waals surface area contributed by atoms with Crippen LogP contribution in [0, 0.1) is 0 Å². The fraction of sp³-hybridized carbons (Fsp3) is 0.500. The summed E-state index contributed by atoms with van der Waals surface area (Å²) in [6.45, 7) is 0.742. The van der Waals surface area contributed by atoms with Crippen LogP contribution >= 0.6 is 11.6 Å². The number of Topliss-reactive ketones (excluding diaryl/α,β-unsaturated/α-hetero) is 1. The third kappa shape index (κ3) is 1.96. The second kappa shape index (κ2) is 3.71. The van der Waals surface area contributed by atoms with E-state index in [2.05, 4.69) is 0 Å². The minimum absolute atomic E-state index is 0.742. The van der Waals surface area contributed by atoms with E-state index >= 15 is 0 Å². The summed E-state index contributed by atoms with van der Waals surface area (Å²) in [5.74, 6) is -4.99. The number of halogens is 1. The molecule has 0 spiro atoms. The summed E-state index contributed by atoms with van der Waals surface area (Å²) in [5.41, 5.74) is -3.08. The van der Waals surface area contributed by atoms with Crippen LogP contribution in [0.15, 0.2) is 0 Å². The van der Waals surface area contributed by atoms with Gasteiger partial charge in [-0.3, -0.25) is 9.59 Å². The number of rotatable bonds is 4. The molecule has 6 nitrogen and oxygen atoms in total. The summed E-state index contributed by atoms with van der Waals surface area (Å²) in [6, 6.07) is 0. The molecular formula is C6H7ClO6. The van der Waals surface area contributed by atoms with Crippen LogP contribution < -0.4 is 0 Å². The van der Waals surface area contributed by atoms with Gasteiger partial charge in [-0.15, -0.1) is 11.6 Å². The van der Waals surface area contributed by atoms with Crippen LogP contribution in [-0.2, 0) is 14.4 Å². The zero-order valence-electron chi connectivity index (χ0n) is 6.52. The average Bonchev–Trinajstić information content (AvgIpc) is 2.00. The molecule has 0 aliphatic rings. The van der Waals surface area contributed by atoms with E-state index < -0.39 is 28.7 Å². The van der Waals surface area contributed by atoms with E-state index in [1.54, 1.807) is 0 Å². The standard InChI is InChI=1S/C6H7ClO6/c1-2(8)6(13,5(11)12)3(7)4(9)10/h3,13H,1H3,(H,9,10)(H,11,12). The highest BCUT2D eigenvalue weighted by atomic mass is 35.5. The third-order valence-electron chi connectivity index (χ3n) is 1.45. The highest BCUT2D eigenvalue weighted by molar-refractivity contribution is 6.35. The SMILES string of the molecule is CC(=O)C(O)(C(=O)O)C(Cl)C(=O)O. The van der Waals surface area contributed by atoms with Crippen LogP contribution in [0.4, 0.5) is 0 Å². The Bertz CT molecular complexity index is 246. The Balaban J connectivity index is 5.13. The van der Waals surface area contributed by atoms with Gasteiger partial charge in [0, 0.05) is 0 Å². The number of carboxylic acids is 2. The second-order valence-electron chi connectivity index (χ2n) is 2.33. The molecule has 3 N–H and O–H groups in total. The molecule has 0 fully saturated rings. The predicted octanol–water partition coefficient (Wildman–Crippen LogP) is -0.917. The summed E-state index contributed by atoms with van der Waals surface area (Å²) in [6.07, 6.45) is 0. The summed E-state index contributed by atoms with van der Waals surface area (Å²) in [4.78, 5) is 31.3. The third-order valence-corrected chi connectivity index (χ3v) is 1.95. The molecule has 0 aliphatic heterocycles. The van der Waals surface area contributed by atoms with Crippen molar-refractivity contribution in [2.45, 2.75) is 17.9 Å². The van der Waals surface area contributed by atoms with Crippen molar-refractivity contribution in [3.63, 3.8) is 0 Å². The van der Waals surface area contributed by atoms with Crippen LogP contribution in [0.25, 0.3) is 0 Å². The van der Waals surface area contributed by atoms with Crippen molar-refractivity contribution in [1.29, 1.82) is 0 Å². The smallest absolute Gasteiger partial charge is 0.345 e. The molecule has 0 aromatic carbocycles. The van der Waals surface area contributed by atoms with Crippen LogP contribution in [0.1, 0.15) is 6.92 Å². The number of hydrogen-bond acceptors (Lipinski definition) is 4. The first-order valence-corrected chi connectivity index (χ1v) is 3.52. The van der Waals surface area contributed by atoms with E-state index in [4.69, 9.17) is 26.9 Å². The molecule has 0 rings (SSSR count). The summed E-state index contributed by atoms with van der Waals surface area (Å²) < 4.78 is 0. The zero-order valence-corrected chi connectivity index (χ0v) is 7.28. The van der Waals surface area contributed by atoms with Gasteiger partial charge in [0.15, 0.2) is 11.2 Å². The van der Waals surface area contributed by atoms with Crippen LogP contribution in [0.3, 0.4) is 0 Å². The monoisotopic (exact) mass is 210 g/mol. The molecule has 7 heteroatoms. The minimum Gasteiger partial charge on any atom is -0.480 e. The van der Waals surface area contributed by atoms with Gasteiger partial charge in [-0.05, 0) is 6.92 Å². The molecule has 2 atom stereocenters. The first-order chi connectivity index (χ1) is 5.74. The van der Waals surface area contributed by atoms with E-state index in [1.807, 2.05) is 0 Å². The predicted molar refractivity (Wildman–Crippen MR) is 40.5 cm³/mol. The largest absolute Gasteiger partial charge is 0.480 e. The maximum atomic E-state index is 10.7. The molecule has 0 saturated heterocycles. The van der Waals surface area contributed by atoms with Crippen LogP contribution in [0.2, 0.25) is 0 Å². The maximum absolute atomic E-state index is 10.7. The Hall–Kier alpha value is -1.14. The summed E-state index contributed by atoms with van der Waals surface area (Å²) >= 11 is 5.06. The van der Waals surface area contributed by atoms with Crippen molar-refractivity contribution < 1.29 is 29.7 Å². The van der Waals surface area contributed by atoms with Gasteiger partial charge >= 0.3 is 11.9 Å². The molecule has 0 saturated carbocycles. The number of carbonyl (C=O) groups is 3. The van der Waals surface area contributed by atoms with Crippen molar-refractivity contribution in [3.8, 4) is 0 Å². The normalized spacial score (nSPS) is 17.2. The van der Waals surface area contributed by atoms with Gasteiger partial charge < -0.3 is 15.3 Å². The molecule has 13 heavy (non-hydrogen) atoms. The Labute approximate surface area is 77.7 Å². The number of hydrogen-bond donors (Lipinski definition) is 3. The van der Waals surface area contributed by atoms with Gasteiger partial charge in [0.2, 0.25) is 5.60 Å². The van der Waals surface area contributed by atoms with Gasteiger partial charge in [-0.2, -0.15) is 0 Å². The zero-order chi connectivity index (χ0) is 10.8. The van der Waals surface area contributed by atoms with E-state index in [1.165, 1.54) is 0 Å². The van der Waals surface area contributed by atoms with Crippen LogP contribution in [0.5, 0.6) is 0 Å².